The van der Waals surface area contributed by atoms with E-state index in [4.69, 9.17) is 3.30 Å². The van der Waals surface area contributed by atoms with Crippen LogP contribution < -0.4 is 13.7 Å². The van der Waals surface area contributed by atoms with E-state index in [1.165, 1.54) is 49.7 Å². The molecule has 0 heterocycles. The Labute approximate surface area is 299 Å². The van der Waals surface area contributed by atoms with Gasteiger partial charge in [-0.15, -0.1) is 0 Å². The molecule has 48 heavy (non-hydrogen) atoms. The molecule has 0 amide bonds. The summed E-state index contributed by atoms with van der Waals surface area (Å²) in [5, 5.41) is 3.32. The normalized spacial score (nSPS) is 28.9. The van der Waals surface area contributed by atoms with E-state index in [1.807, 2.05) is 15.5 Å². The van der Waals surface area contributed by atoms with Gasteiger partial charge in [-0.05, 0) is 11.1 Å². The SMILES string of the molecule is CC1=C(C)C(C)[C]([Hf]([NH]C23CC4CC(C)(CC(C)(C4)C2)C3)[SiH](c2ccccc2)c2ccccc2)=C1C.c1ccc(-c2ccccc2)cc1. The third-order valence-corrected chi connectivity index (χ3v) is 40.1. The van der Waals surface area contributed by atoms with Gasteiger partial charge in [-0.1, -0.05) is 60.7 Å². The average Bonchev–Trinajstić information content (AvgIpc) is 3.26. The van der Waals surface area contributed by atoms with E-state index in [0.29, 0.717) is 22.3 Å². The molecule has 4 saturated carbocycles. The predicted molar refractivity (Wildman–Crippen MR) is 205 cm³/mol. The third-order valence-electron chi connectivity index (χ3n) is 12.4. The maximum atomic E-state index is 4.84. The molecule has 5 aliphatic carbocycles. The van der Waals surface area contributed by atoms with E-state index < -0.39 is 26.9 Å². The van der Waals surface area contributed by atoms with Crippen LogP contribution in [0, 0.1) is 22.7 Å². The van der Waals surface area contributed by atoms with Crippen LogP contribution in [-0.2, 0) is 20.9 Å². The Kier molecular flexibility index (Phi) is 9.61. The van der Waals surface area contributed by atoms with Crippen molar-refractivity contribution in [2.45, 2.75) is 85.6 Å². The van der Waals surface area contributed by atoms with Crippen molar-refractivity contribution in [2.75, 3.05) is 0 Å². The van der Waals surface area contributed by atoms with E-state index >= 15 is 0 Å². The molecule has 4 bridgehead atoms. The Bertz CT molecular complexity index is 1690. The van der Waals surface area contributed by atoms with Crippen molar-refractivity contribution < 1.29 is 20.9 Å². The molecule has 0 radical (unpaired) electrons. The summed E-state index contributed by atoms with van der Waals surface area (Å²) in [6, 6.07) is 44.3. The fourth-order valence-corrected chi connectivity index (χ4v) is 44.4. The monoisotopic (exact) mass is 816 g/mol. The number of rotatable bonds is 7. The summed E-state index contributed by atoms with van der Waals surface area (Å²) in [5.41, 5.74) is 8.88. The van der Waals surface area contributed by atoms with Crippen LogP contribution in [0.3, 0.4) is 0 Å². The zero-order valence-electron chi connectivity index (χ0n) is 30.0. The van der Waals surface area contributed by atoms with E-state index in [1.54, 1.807) is 27.1 Å². The first-order chi connectivity index (χ1) is 23.1. The fourth-order valence-electron chi connectivity index (χ4n) is 11.0. The molecule has 3 heteroatoms. The molecule has 4 aromatic carbocycles. The Morgan fingerprint density at radius 1 is 0.583 bits per heavy atom. The van der Waals surface area contributed by atoms with E-state index in [-0.39, 0.29) is 0 Å². The Morgan fingerprint density at radius 2 is 1.02 bits per heavy atom. The number of hydrogen-bond donors (Lipinski definition) is 1. The van der Waals surface area contributed by atoms with Gasteiger partial charge < -0.3 is 0 Å². The smallest absolute Gasteiger partial charge is 0.0184 e. The summed E-state index contributed by atoms with van der Waals surface area (Å²) in [6.07, 6.45) is 8.67. The van der Waals surface area contributed by atoms with Crippen molar-refractivity contribution >= 4 is 16.4 Å². The molecule has 4 aromatic rings. The van der Waals surface area contributed by atoms with E-state index in [0.717, 1.165) is 5.92 Å². The van der Waals surface area contributed by atoms with Crippen LogP contribution >= 0.6 is 0 Å². The molecule has 1 N–H and O–H groups in total. The molecule has 0 spiro atoms. The van der Waals surface area contributed by atoms with Gasteiger partial charge in [0.25, 0.3) is 0 Å². The molecular weight excluding hydrogens is 761 g/mol. The molecule has 4 fully saturated rings. The summed E-state index contributed by atoms with van der Waals surface area (Å²) in [4.78, 5) is 0. The van der Waals surface area contributed by atoms with Gasteiger partial charge in [0.15, 0.2) is 0 Å². The van der Waals surface area contributed by atoms with Crippen molar-refractivity contribution in [1.82, 2.24) is 3.30 Å². The minimum atomic E-state index is -2.59. The maximum Gasteiger partial charge on any atom is -0.0184 e. The second-order valence-corrected chi connectivity index (χ2v) is 35.5. The standard InChI is InChI=1S/C12H20N.C12H11Si.C12H10.C9H13.Hf/c1-10-3-9-4-11(2,6-10)8-12(13,5-9)7-10;1-3-7-11(8-4-1)13-12-9-5-2-6-10-12;1-3-7-11(8-4-1)12-9-5-2-6-10-12;1-6-5-7(2)9(4)8(6)3;/h9,13H,3-8H2,1-2H3;1-10,13H;1-10H;6H,1-4H3;/q-1;;;;+1. The first-order valence-electron chi connectivity index (χ1n) is 18.3. The third kappa shape index (κ3) is 6.77. The summed E-state index contributed by atoms with van der Waals surface area (Å²) in [7, 11) is 0. The van der Waals surface area contributed by atoms with Crippen LogP contribution in [0.2, 0.25) is 0 Å². The second kappa shape index (κ2) is 13.6. The second-order valence-electron chi connectivity index (χ2n) is 16.5. The molecule has 0 saturated heterocycles. The number of benzene rings is 4. The van der Waals surface area contributed by atoms with Gasteiger partial charge in [0.2, 0.25) is 0 Å². The van der Waals surface area contributed by atoms with E-state index in [2.05, 4.69) is 151 Å². The molecule has 247 valence electrons. The number of hydrogen-bond acceptors (Lipinski definition) is 1. The summed E-state index contributed by atoms with van der Waals surface area (Å²) in [5.74, 6) is 0.138. The first kappa shape index (κ1) is 33.9. The largest absolute Gasteiger partial charge is 0.0622 e. The van der Waals surface area contributed by atoms with Crippen LogP contribution in [0.25, 0.3) is 11.1 Å². The van der Waals surface area contributed by atoms with Crippen molar-refractivity contribution in [3.63, 3.8) is 0 Å². The number of allylic oxidation sites excluding steroid dienone is 4. The van der Waals surface area contributed by atoms with Gasteiger partial charge in [-0.25, -0.2) is 0 Å². The topological polar surface area (TPSA) is 12.0 Å². The summed E-state index contributed by atoms with van der Waals surface area (Å²) < 4.78 is 6.75. The Balaban J connectivity index is 0.000000255. The molecule has 3 atom stereocenters. The average molecular weight is 816 g/mol. The van der Waals surface area contributed by atoms with Crippen molar-refractivity contribution in [3.05, 3.63) is 141 Å². The van der Waals surface area contributed by atoms with Crippen LogP contribution in [-0.4, -0.2) is 11.5 Å². The van der Waals surface area contributed by atoms with Crippen LogP contribution in [0.15, 0.2) is 141 Å². The maximum absolute atomic E-state index is 4.84. The minimum absolute atomic E-state index is 0.372. The molecule has 0 aromatic heterocycles. The molecule has 9 rings (SSSR count). The molecule has 5 aliphatic rings. The summed E-state index contributed by atoms with van der Waals surface area (Å²) in [6.45, 7) is 15.1. The Hall–Kier alpha value is -2.59. The first-order valence-corrected chi connectivity index (χ1v) is 29.9. The van der Waals surface area contributed by atoms with Gasteiger partial charge in [-0.2, -0.15) is 0 Å². The zero-order chi connectivity index (χ0) is 33.5. The zero-order valence-corrected chi connectivity index (χ0v) is 34.8. The van der Waals surface area contributed by atoms with Gasteiger partial charge in [0.1, 0.15) is 0 Å². The minimum Gasteiger partial charge on any atom is -0.0622 e. The predicted octanol–water partition coefficient (Wildman–Crippen LogP) is 10.0. The van der Waals surface area contributed by atoms with Crippen molar-refractivity contribution in [1.29, 1.82) is 0 Å². The van der Waals surface area contributed by atoms with Crippen LogP contribution in [0.1, 0.15) is 80.1 Å². The van der Waals surface area contributed by atoms with Crippen molar-refractivity contribution in [3.8, 4) is 11.1 Å². The molecular formula is C45H54HfNSi. The molecule has 0 aliphatic heterocycles. The molecule has 3 unspecified atom stereocenters. The van der Waals surface area contributed by atoms with Crippen molar-refractivity contribution in [2.24, 2.45) is 22.7 Å². The molecule has 1 nitrogen and oxygen atoms in total. The van der Waals surface area contributed by atoms with Gasteiger partial charge in [0.05, 0.1) is 0 Å². The van der Waals surface area contributed by atoms with Crippen LogP contribution in [0.5, 0.6) is 0 Å². The van der Waals surface area contributed by atoms with Gasteiger partial charge in [0, 0.05) is 0 Å². The summed E-state index contributed by atoms with van der Waals surface area (Å²) >= 11 is -2.59. The van der Waals surface area contributed by atoms with Gasteiger partial charge in [-0.3, -0.25) is 0 Å². The quantitative estimate of drug-likeness (QED) is 0.183. The van der Waals surface area contributed by atoms with Gasteiger partial charge >= 0.3 is 230 Å². The number of nitrogens with one attached hydrogen (secondary N) is 1. The van der Waals surface area contributed by atoms with Crippen LogP contribution in [0.4, 0.5) is 0 Å². The fraction of sp³-hybridized carbons (Fsp3) is 0.378. The Morgan fingerprint density at radius 3 is 1.42 bits per heavy atom. The van der Waals surface area contributed by atoms with E-state index in [9.17, 15) is 0 Å².